The topological polar surface area (TPSA) is 93.0 Å². The highest BCUT2D eigenvalue weighted by atomic mass is 35.5. The first kappa shape index (κ1) is 29.2. The van der Waals surface area contributed by atoms with E-state index in [9.17, 15) is 13.2 Å². The van der Waals surface area contributed by atoms with Crippen LogP contribution in [0.4, 0.5) is 5.69 Å². The summed E-state index contributed by atoms with van der Waals surface area (Å²) in [4.78, 5) is 13.0. The van der Waals surface area contributed by atoms with E-state index in [0.717, 1.165) is 26.9 Å². The van der Waals surface area contributed by atoms with E-state index in [1.807, 2.05) is 43.5 Å². The molecule has 4 rings (SSSR count). The van der Waals surface area contributed by atoms with Crippen molar-refractivity contribution in [3.8, 4) is 11.4 Å². The number of hydrogen-bond acceptors (Lipinski definition) is 5. The van der Waals surface area contributed by atoms with Crippen molar-refractivity contribution in [2.24, 2.45) is 5.10 Å². The van der Waals surface area contributed by atoms with Gasteiger partial charge in [0.25, 0.3) is 15.9 Å². The maximum atomic E-state index is 13.5. The number of hydrazone groups is 1. The molecule has 4 aromatic rings. The molecule has 40 heavy (non-hydrogen) atoms. The summed E-state index contributed by atoms with van der Waals surface area (Å²) < 4.78 is 35.4. The molecule has 0 fully saturated rings. The van der Waals surface area contributed by atoms with E-state index < -0.39 is 22.5 Å². The molecule has 8 nitrogen and oxygen atoms in total. The molecule has 0 saturated carbocycles. The van der Waals surface area contributed by atoms with Crippen LogP contribution in [0.25, 0.3) is 5.69 Å². The van der Waals surface area contributed by atoms with Gasteiger partial charge < -0.3 is 9.30 Å². The Hall–Kier alpha value is -3.79. The molecule has 0 atom stereocenters. The predicted octanol–water partition coefficient (Wildman–Crippen LogP) is 6.15. The zero-order valence-electron chi connectivity index (χ0n) is 22.1. The zero-order chi connectivity index (χ0) is 28.9. The number of nitrogens with one attached hydrogen (secondary N) is 1. The summed E-state index contributed by atoms with van der Waals surface area (Å²) in [5.41, 5.74) is 5.96. The number of carbonyl (C=O) groups excluding carboxylic acids is 1. The molecule has 1 amide bonds. The van der Waals surface area contributed by atoms with Crippen LogP contribution in [0.2, 0.25) is 10.0 Å². The summed E-state index contributed by atoms with van der Waals surface area (Å²) in [7, 11) is -4.05. The molecular formula is C29H28Cl2N4O4S. The van der Waals surface area contributed by atoms with Crippen LogP contribution in [0, 0.1) is 13.8 Å². The Kier molecular flexibility index (Phi) is 9.19. The van der Waals surface area contributed by atoms with E-state index in [1.54, 1.807) is 48.5 Å². The third kappa shape index (κ3) is 6.33. The molecule has 0 unspecified atom stereocenters. The quantitative estimate of drug-likeness (QED) is 0.175. The van der Waals surface area contributed by atoms with Gasteiger partial charge in [-0.3, -0.25) is 9.10 Å². The van der Waals surface area contributed by atoms with Crippen molar-refractivity contribution in [2.75, 3.05) is 17.5 Å². The van der Waals surface area contributed by atoms with Gasteiger partial charge in [0, 0.05) is 17.0 Å². The number of aromatic nitrogens is 1. The average Bonchev–Trinajstić information content (AvgIpc) is 3.22. The number of anilines is 1. The fraction of sp³-hybridized carbons (Fsp3) is 0.172. The van der Waals surface area contributed by atoms with Crippen molar-refractivity contribution < 1.29 is 17.9 Å². The molecule has 1 aromatic heterocycles. The number of amides is 1. The normalized spacial score (nSPS) is 11.5. The summed E-state index contributed by atoms with van der Waals surface area (Å²) in [6.45, 7) is 5.66. The second-order valence-electron chi connectivity index (χ2n) is 8.78. The lowest BCUT2D eigenvalue weighted by Gasteiger charge is -2.24. The van der Waals surface area contributed by atoms with Crippen molar-refractivity contribution in [3.63, 3.8) is 0 Å². The van der Waals surface area contributed by atoms with E-state index in [1.165, 1.54) is 18.3 Å². The number of halogens is 2. The molecule has 0 saturated heterocycles. The Balaban J connectivity index is 1.56. The van der Waals surface area contributed by atoms with Gasteiger partial charge in [-0.1, -0.05) is 47.5 Å². The molecule has 3 aromatic carbocycles. The molecule has 1 heterocycles. The molecule has 0 aliphatic heterocycles. The third-order valence-electron chi connectivity index (χ3n) is 6.09. The fourth-order valence-corrected chi connectivity index (χ4v) is 6.03. The predicted molar refractivity (Wildman–Crippen MR) is 160 cm³/mol. The van der Waals surface area contributed by atoms with Gasteiger partial charge in [0.2, 0.25) is 0 Å². The summed E-state index contributed by atoms with van der Waals surface area (Å²) in [5.74, 6) is -0.0228. The monoisotopic (exact) mass is 598 g/mol. The van der Waals surface area contributed by atoms with Crippen LogP contribution in [0.5, 0.6) is 5.75 Å². The van der Waals surface area contributed by atoms with Gasteiger partial charge in [0.05, 0.1) is 39.1 Å². The second kappa shape index (κ2) is 12.6. The van der Waals surface area contributed by atoms with E-state index in [-0.39, 0.29) is 4.90 Å². The van der Waals surface area contributed by atoms with Crippen molar-refractivity contribution >= 4 is 51.0 Å². The molecular weight excluding hydrogens is 571 g/mol. The Morgan fingerprint density at radius 2 is 1.73 bits per heavy atom. The standard InChI is InChI=1S/C29H28Cl2N4O4S/c1-4-39-24-15-13-23(14-16-24)34(40(37,38)25-9-6-5-7-10-25)19-28(36)33-32-18-22-17-20(2)35(21(22)3)27-12-8-11-26(30)29(27)31/h5-18H,4,19H2,1-3H3,(H,33,36)/b32-18-. The maximum absolute atomic E-state index is 13.5. The Morgan fingerprint density at radius 3 is 2.40 bits per heavy atom. The van der Waals surface area contributed by atoms with Crippen molar-refractivity contribution in [1.82, 2.24) is 9.99 Å². The van der Waals surface area contributed by atoms with Gasteiger partial charge in [-0.25, -0.2) is 13.8 Å². The van der Waals surface area contributed by atoms with E-state index >= 15 is 0 Å². The number of ether oxygens (including phenoxy) is 1. The molecule has 0 bridgehead atoms. The molecule has 0 aliphatic rings. The van der Waals surface area contributed by atoms with Gasteiger partial charge in [-0.05, 0) is 75.4 Å². The van der Waals surface area contributed by atoms with Crippen LogP contribution < -0.4 is 14.5 Å². The van der Waals surface area contributed by atoms with Gasteiger partial charge in [0.15, 0.2) is 0 Å². The lowest BCUT2D eigenvalue weighted by atomic mass is 10.2. The zero-order valence-corrected chi connectivity index (χ0v) is 24.5. The van der Waals surface area contributed by atoms with Gasteiger partial charge >= 0.3 is 0 Å². The van der Waals surface area contributed by atoms with Crippen LogP contribution in [0.3, 0.4) is 0 Å². The number of nitrogens with zero attached hydrogens (tertiary/aromatic N) is 3. The highest BCUT2D eigenvalue weighted by Gasteiger charge is 2.27. The lowest BCUT2D eigenvalue weighted by Crippen LogP contribution is -2.39. The van der Waals surface area contributed by atoms with Crippen LogP contribution in [0.1, 0.15) is 23.9 Å². The number of aryl methyl sites for hydroxylation is 1. The van der Waals surface area contributed by atoms with Crippen LogP contribution >= 0.6 is 23.2 Å². The molecule has 0 spiro atoms. The molecule has 1 N–H and O–H groups in total. The third-order valence-corrected chi connectivity index (χ3v) is 8.69. The van der Waals surface area contributed by atoms with E-state index in [2.05, 4.69) is 10.5 Å². The summed E-state index contributed by atoms with van der Waals surface area (Å²) >= 11 is 12.6. The minimum atomic E-state index is -4.05. The summed E-state index contributed by atoms with van der Waals surface area (Å²) in [6, 6.07) is 21.7. The van der Waals surface area contributed by atoms with Crippen molar-refractivity contribution in [3.05, 3.63) is 106 Å². The van der Waals surface area contributed by atoms with Crippen LogP contribution in [-0.2, 0) is 14.8 Å². The number of rotatable bonds is 10. The fourth-order valence-electron chi connectivity index (χ4n) is 4.20. The first-order chi connectivity index (χ1) is 19.1. The summed E-state index contributed by atoms with van der Waals surface area (Å²) in [5, 5.41) is 4.96. The highest BCUT2D eigenvalue weighted by molar-refractivity contribution is 7.92. The van der Waals surface area contributed by atoms with Gasteiger partial charge in [-0.15, -0.1) is 0 Å². The molecule has 0 aliphatic carbocycles. The minimum Gasteiger partial charge on any atom is -0.494 e. The lowest BCUT2D eigenvalue weighted by molar-refractivity contribution is -0.119. The Morgan fingerprint density at radius 1 is 1.02 bits per heavy atom. The molecule has 0 radical (unpaired) electrons. The summed E-state index contributed by atoms with van der Waals surface area (Å²) in [6.07, 6.45) is 1.50. The van der Waals surface area contributed by atoms with Crippen molar-refractivity contribution in [2.45, 2.75) is 25.7 Å². The van der Waals surface area contributed by atoms with E-state index in [0.29, 0.717) is 28.1 Å². The second-order valence-corrected chi connectivity index (χ2v) is 11.4. The number of benzene rings is 3. The first-order valence-electron chi connectivity index (χ1n) is 12.4. The number of sulfonamides is 1. The van der Waals surface area contributed by atoms with E-state index in [4.69, 9.17) is 27.9 Å². The smallest absolute Gasteiger partial charge is 0.264 e. The van der Waals surface area contributed by atoms with Crippen LogP contribution in [0.15, 0.2) is 88.9 Å². The minimum absolute atomic E-state index is 0.0623. The van der Waals surface area contributed by atoms with Gasteiger partial charge in [0.1, 0.15) is 12.3 Å². The van der Waals surface area contributed by atoms with Gasteiger partial charge in [-0.2, -0.15) is 5.10 Å². The average molecular weight is 600 g/mol. The molecule has 11 heteroatoms. The SMILES string of the molecule is CCOc1ccc(N(CC(=O)N/N=C\c2cc(C)n(-c3cccc(Cl)c3Cl)c2C)S(=O)(=O)c2ccccc2)cc1. The Labute approximate surface area is 243 Å². The van der Waals surface area contributed by atoms with Crippen molar-refractivity contribution in [1.29, 1.82) is 0 Å². The highest BCUT2D eigenvalue weighted by Crippen LogP contribution is 2.31. The number of hydrogen-bond donors (Lipinski definition) is 1. The van der Waals surface area contributed by atoms with Crippen LogP contribution in [-0.4, -0.2) is 38.3 Å². The molecule has 208 valence electrons. The number of carbonyl (C=O) groups is 1. The Bertz CT molecular complexity index is 1640. The maximum Gasteiger partial charge on any atom is 0.264 e. The largest absolute Gasteiger partial charge is 0.494 e. The first-order valence-corrected chi connectivity index (χ1v) is 14.6.